The maximum absolute atomic E-state index is 11.5. The highest BCUT2D eigenvalue weighted by Gasteiger charge is 2.23. The molecule has 0 aliphatic carbocycles. The van der Waals surface area contributed by atoms with Crippen molar-refractivity contribution in [2.75, 3.05) is 42.3 Å². The van der Waals surface area contributed by atoms with Crippen LogP contribution in [0.25, 0.3) is 16.8 Å². The number of hydrogen-bond donors (Lipinski definition) is 1. The first-order chi connectivity index (χ1) is 16.0. The molecule has 0 amide bonds. The molecule has 10 nitrogen and oxygen atoms in total. The predicted octanol–water partition coefficient (Wildman–Crippen LogP) is 4.10. The van der Waals surface area contributed by atoms with Gasteiger partial charge < -0.3 is 15.1 Å². The topological polar surface area (TPSA) is 104 Å². The van der Waals surface area contributed by atoms with E-state index in [4.69, 9.17) is 4.98 Å². The van der Waals surface area contributed by atoms with Gasteiger partial charge in [-0.05, 0) is 55.3 Å². The maximum atomic E-state index is 11.5. The van der Waals surface area contributed by atoms with Crippen molar-refractivity contribution in [2.45, 2.75) is 25.8 Å². The van der Waals surface area contributed by atoms with Crippen LogP contribution in [0.2, 0.25) is 0 Å². The zero-order valence-corrected chi connectivity index (χ0v) is 19.6. The minimum Gasteiger partial charge on any atom is -0.378 e. The molecule has 1 saturated heterocycles. The number of nitroso groups, excluding NO2 is 1. The summed E-state index contributed by atoms with van der Waals surface area (Å²) in [5.41, 5.74) is 3.60. The van der Waals surface area contributed by atoms with Crippen LogP contribution in [0.1, 0.15) is 18.7 Å². The van der Waals surface area contributed by atoms with Gasteiger partial charge in [-0.1, -0.05) is 0 Å². The molecule has 0 unspecified atom stereocenters. The van der Waals surface area contributed by atoms with Crippen LogP contribution in [0, 0.1) is 11.8 Å². The fraction of sp³-hybridized carbons (Fsp3) is 0.364. The van der Waals surface area contributed by atoms with Crippen LogP contribution in [0.4, 0.5) is 22.5 Å². The number of piperidine rings is 1. The smallest absolute Gasteiger partial charge is 0.243 e. The molecule has 4 heterocycles. The van der Waals surface area contributed by atoms with E-state index in [0.29, 0.717) is 17.3 Å². The average Bonchev–Trinajstić information content (AvgIpc) is 3.44. The fourth-order valence-corrected chi connectivity index (χ4v) is 4.81. The van der Waals surface area contributed by atoms with Gasteiger partial charge in [0, 0.05) is 67.8 Å². The van der Waals surface area contributed by atoms with Gasteiger partial charge in [-0.2, -0.15) is 9.36 Å². The van der Waals surface area contributed by atoms with Crippen molar-refractivity contribution in [3.63, 3.8) is 0 Å². The van der Waals surface area contributed by atoms with Crippen molar-refractivity contribution < 1.29 is 0 Å². The van der Waals surface area contributed by atoms with E-state index in [1.165, 1.54) is 11.5 Å². The highest BCUT2D eigenvalue weighted by atomic mass is 32.1. The van der Waals surface area contributed by atoms with E-state index in [2.05, 4.69) is 29.8 Å². The monoisotopic (exact) mass is 463 g/mol. The fourth-order valence-electron chi connectivity index (χ4n) is 4.09. The number of anilines is 3. The van der Waals surface area contributed by atoms with Crippen molar-refractivity contribution in [1.82, 2.24) is 24.0 Å². The molecule has 0 saturated carbocycles. The first kappa shape index (κ1) is 21.3. The highest BCUT2D eigenvalue weighted by molar-refractivity contribution is 7.09. The first-order valence-corrected chi connectivity index (χ1v) is 11.6. The highest BCUT2D eigenvalue weighted by Crippen LogP contribution is 2.35. The van der Waals surface area contributed by atoms with Gasteiger partial charge in [0.05, 0.1) is 0 Å². The maximum Gasteiger partial charge on any atom is 0.243 e. The molecule has 0 spiro atoms. The minimum absolute atomic E-state index is 0.278. The van der Waals surface area contributed by atoms with Crippen LogP contribution in [0.3, 0.4) is 0 Å². The summed E-state index contributed by atoms with van der Waals surface area (Å²) >= 11 is 1.45. The summed E-state index contributed by atoms with van der Waals surface area (Å²) in [5, 5.41) is 12.3. The van der Waals surface area contributed by atoms with Gasteiger partial charge in [-0.15, -0.1) is 10.0 Å². The Kier molecular flexibility index (Phi) is 5.63. The van der Waals surface area contributed by atoms with Crippen LogP contribution in [0.15, 0.2) is 41.7 Å². The molecule has 170 valence electrons. The Balaban J connectivity index is 1.38. The number of nitrogens with one attached hydrogen (secondary N) is 1. The van der Waals surface area contributed by atoms with Gasteiger partial charge in [0.1, 0.15) is 11.5 Å². The van der Waals surface area contributed by atoms with Crippen LogP contribution in [-0.2, 0) is 0 Å². The molecule has 33 heavy (non-hydrogen) atoms. The summed E-state index contributed by atoms with van der Waals surface area (Å²) in [6.07, 6.45) is 3.79. The van der Waals surface area contributed by atoms with Gasteiger partial charge in [0.25, 0.3) is 0 Å². The molecule has 0 atom stereocenters. The molecule has 3 aromatic heterocycles. The number of hydrogen-bond acceptors (Lipinski definition) is 10. The number of fused-ring (bicyclic) bond motifs is 1. The summed E-state index contributed by atoms with van der Waals surface area (Å²) in [6, 6.07) is 9.70. The quantitative estimate of drug-likeness (QED) is 0.426. The van der Waals surface area contributed by atoms with Crippen molar-refractivity contribution >= 4 is 39.6 Å². The summed E-state index contributed by atoms with van der Waals surface area (Å²) in [6.45, 7) is 3.75. The van der Waals surface area contributed by atoms with Crippen LogP contribution in [0.5, 0.6) is 0 Å². The van der Waals surface area contributed by atoms with Crippen molar-refractivity contribution in [3.8, 4) is 11.1 Å². The van der Waals surface area contributed by atoms with E-state index in [0.717, 1.165) is 53.7 Å². The molecule has 5 rings (SSSR count). The summed E-state index contributed by atoms with van der Waals surface area (Å²) in [4.78, 5) is 25.0. The molecule has 1 aliphatic heterocycles. The van der Waals surface area contributed by atoms with E-state index in [1.54, 1.807) is 10.6 Å². The zero-order valence-electron chi connectivity index (χ0n) is 18.8. The Morgan fingerprint density at radius 1 is 1.15 bits per heavy atom. The van der Waals surface area contributed by atoms with Crippen molar-refractivity contribution in [3.05, 3.63) is 47.3 Å². The van der Waals surface area contributed by atoms with Gasteiger partial charge in [0.15, 0.2) is 5.65 Å². The lowest BCUT2D eigenvalue weighted by Gasteiger charge is -2.31. The molecule has 0 bridgehead atoms. The normalized spacial score (nSPS) is 14.6. The standard InChI is InChI=1S/C22H25N9OS/c1-14-23-22(33-28-14)30-11-8-15(9-12-30)24-21-25-20-17(5-4-10-31(20)26-21)18-13-16(29(2)3)6-7-19(18)27-32/h4-7,10,13,15H,8-9,11-12H2,1-3H3,(H,24,26). The predicted molar refractivity (Wildman–Crippen MR) is 132 cm³/mol. The van der Waals surface area contributed by atoms with Crippen molar-refractivity contribution in [1.29, 1.82) is 0 Å². The lowest BCUT2D eigenvalue weighted by molar-refractivity contribution is 0.523. The zero-order chi connectivity index (χ0) is 22.9. The van der Waals surface area contributed by atoms with Crippen molar-refractivity contribution in [2.24, 2.45) is 5.18 Å². The van der Waals surface area contributed by atoms with Gasteiger partial charge in [0.2, 0.25) is 11.1 Å². The Bertz CT molecular complexity index is 1290. The second-order valence-corrected chi connectivity index (χ2v) is 9.07. The Labute approximate surface area is 195 Å². The third-order valence-corrected chi connectivity index (χ3v) is 6.73. The van der Waals surface area contributed by atoms with E-state index >= 15 is 0 Å². The number of aryl methyl sites for hydroxylation is 1. The van der Waals surface area contributed by atoms with Crippen LogP contribution < -0.4 is 15.1 Å². The molecule has 4 aromatic rings. The first-order valence-electron chi connectivity index (χ1n) is 10.8. The summed E-state index contributed by atoms with van der Waals surface area (Å²) < 4.78 is 6.03. The second kappa shape index (κ2) is 8.74. The molecular weight excluding hydrogens is 438 g/mol. The number of pyridine rings is 1. The molecule has 1 aliphatic rings. The van der Waals surface area contributed by atoms with E-state index in [9.17, 15) is 4.91 Å². The number of aromatic nitrogens is 5. The van der Waals surface area contributed by atoms with Gasteiger partial charge in [-0.3, -0.25) is 0 Å². The minimum atomic E-state index is 0.278. The number of nitrogens with zero attached hydrogens (tertiary/aromatic N) is 8. The van der Waals surface area contributed by atoms with E-state index in [-0.39, 0.29) is 6.04 Å². The third-order valence-electron chi connectivity index (χ3n) is 5.86. The molecule has 11 heteroatoms. The average molecular weight is 464 g/mol. The third kappa shape index (κ3) is 4.23. The van der Waals surface area contributed by atoms with Gasteiger partial charge >= 0.3 is 0 Å². The summed E-state index contributed by atoms with van der Waals surface area (Å²) in [5.74, 6) is 1.40. The molecule has 1 aromatic carbocycles. The SMILES string of the molecule is Cc1nsc(N2CCC(Nc3nc4c(-c5cc(N(C)C)ccc5N=O)cccn4n3)CC2)n1. The van der Waals surface area contributed by atoms with Crippen LogP contribution in [-0.4, -0.2) is 57.2 Å². The molecule has 1 N–H and O–H groups in total. The van der Waals surface area contributed by atoms with E-state index < -0.39 is 0 Å². The lowest BCUT2D eigenvalue weighted by Crippen LogP contribution is -2.39. The Hall–Kier alpha value is -3.60. The van der Waals surface area contributed by atoms with E-state index in [1.807, 2.05) is 56.4 Å². The second-order valence-electron chi connectivity index (χ2n) is 8.34. The Morgan fingerprint density at radius 2 is 1.97 bits per heavy atom. The number of rotatable bonds is 6. The number of benzene rings is 1. The van der Waals surface area contributed by atoms with Gasteiger partial charge in [-0.25, -0.2) is 9.50 Å². The molecule has 1 fully saturated rings. The largest absolute Gasteiger partial charge is 0.378 e. The summed E-state index contributed by atoms with van der Waals surface area (Å²) in [7, 11) is 3.93. The Morgan fingerprint density at radius 3 is 2.67 bits per heavy atom. The lowest BCUT2D eigenvalue weighted by atomic mass is 10.0. The molecular formula is C22H25N9OS. The molecule has 0 radical (unpaired) electrons. The van der Waals surface area contributed by atoms with Crippen LogP contribution >= 0.6 is 11.5 Å².